The van der Waals surface area contributed by atoms with Crippen LogP contribution in [-0.4, -0.2) is 25.2 Å². The number of nitrogens with one attached hydrogen (secondary N) is 1. The maximum absolute atomic E-state index is 10.9. The molecule has 1 atom stereocenters. The molecular formula is C15H24N2O2. The van der Waals surface area contributed by atoms with Crippen LogP contribution in [-0.2, 0) is 16.1 Å². The van der Waals surface area contributed by atoms with E-state index in [9.17, 15) is 4.79 Å². The lowest BCUT2D eigenvalue weighted by molar-refractivity contribution is -0.130. The number of ether oxygens (including phenoxy) is 1. The van der Waals surface area contributed by atoms with Crippen LogP contribution in [0, 0.1) is 5.41 Å². The van der Waals surface area contributed by atoms with Crippen molar-refractivity contribution in [2.24, 2.45) is 11.1 Å². The van der Waals surface area contributed by atoms with Gasteiger partial charge in [-0.2, -0.15) is 0 Å². The van der Waals surface area contributed by atoms with Gasteiger partial charge in [-0.05, 0) is 12.5 Å². The summed E-state index contributed by atoms with van der Waals surface area (Å²) >= 11 is 0. The summed E-state index contributed by atoms with van der Waals surface area (Å²) in [6, 6.07) is 10.2. The Morgan fingerprint density at radius 2 is 2.00 bits per heavy atom. The standard InChI is InChI=1S/C15H24N2O2/c1-12(14(16)18)19-11-15(2,3)10-17-9-13-7-5-4-6-8-13/h4-8,12,17H,9-11H2,1-3H3,(H2,16,18). The second-order valence-electron chi connectivity index (χ2n) is 5.61. The van der Waals surface area contributed by atoms with Crippen LogP contribution in [0.3, 0.4) is 0 Å². The molecule has 4 heteroatoms. The smallest absolute Gasteiger partial charge is 0.246 e. The number of rotatable bonds is 8. The summed E-state index contributed by atoms with van der Waals surface area (Å²) in [7, 11) is 0. The van der Waals surface area contributed by atoms with Crippen molar-refractivity contribution >= 4 is 5.91 Å². The minimum atomic E-state index is -0.534. The van der Waals surface area contributed by atoms with Gasteiger partial charge in [-0.3, -0.25) is 4.79 Å². The van der Waals surface area contributed by atoms with Crippen molar-refractivity contribution in [3.63, 3.8) is 0 Å². The van der Waals surface area contributed by atoms with E-state index in [0.717, 1.165) is 13.1 Å². The summed E-state index contributed by atoms with van der Waals surface area (Å²) in [4.78, 5) is 10.9. The van der Waals surface area contributed by atoms with E-state index < -0.39 is 12.0 Å². The molecule has 4 nitrogen and oxygen atoms in total. The van der Waals surface area contributed by atoms with Crippen LogP contribution in [0.2, 0.25) is 0 Å². The fourth-order valence-electron chi connectivity index (χ4n) is 1.62. The maximum Gasteiger partial charge on any atom is 0.246 e. The predicted octanol–water partition coefficient (Wildman–Crippen LogP) is 1.69. The molecule has 1 aromatic rings. The average molecular weight is 264 g/mol. The highest BCUT2D eigenvalue weighted by Gasteiger charge is 2.20. The maximum atomic E-state index is 10.9. The molecule has 0 aliphatic rings. The first-order chi connectivity index (χ1) is 8.91. The van der Waals surface area contributed by atoms with Crippen LogP contribution in [0.5, 0.6) is 0 Å². The molecule has 0 saturated heterocycles. The molecule has 0 spiro atoms. The van der Waals surface area contributed by atoms with Crippen molar-refractivity contribution in [1.29, 1.82) is 0 Å². The normalized spacial score (nSPS) is 13.2. The minimum Gasteiger partial charge on any atom is -0.368 e. The van der Waals surface area contributed by atoms with Crippen LogP contribution in [0.4, 0.5) is 0 Å². The molecule has 0 bridgehead atoms. The molecule has 0 aromatic heterocycles. The quantitative estimate of drug-likeness (QED) is 0.751. The van der Waals surface area contributed by atoms with Gasteiger partial charge in [-0.15, -0.1) is 0 Å². The Balaban J connectivity index is 2.28. The van der Waals surface area contributed by atoms with Crippen molar-refractivity contribution in [3.05, 3.63) is 35.9 Å². The van der Waals surface area contributed by atoms with Gasteiger partial charge in [0, 0.05) is 18.5 Å². The van der Waals surface area contributed by atoms with Gasteiger partial charge < -0.3 is 15.8 Å². The molecule has 1 aromatic carbocycles. The van der Waals surface area contributed by atoms with E-state index in [4.69, 9.17) is 10.5 Å². The molecule has 1 rings (SSSR count). The van der Waals surface area contributed by atoms with E-state index >= 15 is 0 Å². The lowest BCUT2D eigenvalue weighted by Gasteiger charge is -2.26. The molecular weight excluding hydrogens is 240 g/mol. The number of hydrogen-bond donors (Lipinski definition) is 2. The zero-order valence-corrected chi connectivity index (χ0v) is 12.0. The molecule has 0 fully saturated rings. The van der Waals surface area contributed by atoms with E-state index in [1.54, 1.807) is 6.92 Å². The van der Waals surface area contributed by atoms with E-state index in [0.29, 0.717) is 6.61 Å². The lowest BCUT2D eigenvalue weighted by Crippen LogP contribution is -2.37. The van der Waals surface area contributed by atoms with Crippen molar-refractivity contribution in [2.75, 3.05) is 13.2 Å². The van der Waals surface area contributed by atoms with Gasteiger partial charge >= 0.3 is 0 Å². The largest absolute Gasteiger partial charge is 0.368 e. The van der Waals surface area contributed by atoms with Gasteiger partial charge in [0.05, 0.1) is 6.61 Å². The van der Waals surface area contributed by atoms with Crippen LogP contribution in [0.25, 0.3) is 0 Å². The summed E-state index contributed by atoms with van der Waals surface area (Å²) in [5.41, 5.74) is 6.37. The highest BCUT2D eigenvalue weighted by Crippen LogP contribution is 2.15. The number of hydrogen-bond acceptors (Lipinski definition) is 3. The summed E-state index contributed by atoms with van der Waals surface area (Å²) in [5.74, 6) is -0.423. The molecule has 1 amide bonds. The van der Waals surface area contributed by atoms with Crippen molar-refractivity contribution in [2.45, 2.75) is 33.4 Å². The van der Waals surface area contributed by atoms with E-state index in [2.05, 4.69) is 31.3 Å². The van der Waals surface area contributed by atoms with Crippen LogP contribution in [0.15, 0.2) is 30.3 Å². The third-order valence-electron chi connectivity index (χ3n) is 2.90. The van der Waals surface area contributed by atoms with E-state index in [1.807, 2.05) is 18.2 Å². The molecule has 0 radical (unpaired) electrons. The molecule has 0 aliphatic carbocycles. The Morgan fingerprint density at radius 1 is 1.37 bits per heavy atom. The Labute approximate surface area is 115 Å². The molecule has 3 N–H and O–H groups in total. The zero-order valence-electron chi connectivity index (χ0n) is 12.0. The molecule has 19 heavy (non-hydrogen) atoms. The monoisotopic (exact) mass is 264 g/mol. The summed E-state index contributed by atoms with van der Waals surface area (Å²) in [6.45, 7) is 8.01. The molecule has 0 saturated carbocycles. The number of carbonyl (C=O) groups is 1. The fourth-order valence-corrected chi connectivity index (χ4v) is 1.62. The molecule has 0 aliphatic heterocycles. The number of primary amides is 1. The first kappa shape index (κ1) is 15.7. The predicted molar refractivity (Wildman–Crippen MR) is 76.5 cm³/mol. The van der Waals surface area contributed by atoms with Gasteiger partial charge in [-0.25, -0.2) is 0 Å². The highest BCUT2D eigenvalue weighted by atomic mass is 16.5. The van der Waals surface area contributed by atoms with Gasteiger partial charge in [0.25, 0.3) is 0 Å². The Morgan fingerprint density at radius 3 is 2.58 bits per heavy atom. The third-order valence-corrected chi connectivity index (χ3v) is 2.90. The number of benzene rings is 1. The van der Waals surface area contributed by atoms with Crippen molar-refractivity contribution < 1.29 is 9.53 Å². The van der Waals surface area contributed by atoms with E-state index in [-0.39, 0.29) is 5.41 Å². The van der Waals surface area contributed by atoms with Gasteiger partial charge in [0.2, 0.25) is 5.91 Å². The number of amides is 1. The first-order valence-electron chi connectivity index (χ1n) is 6.56. The van der Waals surface area contributed by atoms with Crippen molar-refractivity contribution in [3.8, 4) is 0 Å². The fraction of sp³-hybridized carbons (Fsp3) is 0.533. The van der Waals surface area contributed by atoms with Gasteiger partial charge in [0.1, 0.15) is 6.10 Å². The Kier molecular flexibility index (Phi) is 5.99. The highest BCUT2D eigenvalue weighted by molar-refractivity contribution is 5.78. The first-order valence-corrected chi connectivity index (χ1v) is 6.56. The Bertz CT molecular complexity index is 390. The van der Waals surface area contributed by atoms with Crippen LogP contribution >= 0.6 is 0 Å². The summed E-state index contributed by atoms with van der Waals surface area (Å²) < 4.78 is 5.46. The van der Waals surface area contributed by atoms with Crippen molar-refractivity contribution in [1.82, 2.24) is 5.32 Å². The van der Waals surface area contributed by atoms with Gasteiger partial charge in [-0.1, -0.05) is 44.2 Å². The summed E-state index contributed by atoms with van der Waals surface area (Å²) in [5, 5.41) is 3.40. The topological polar surface area (TPSA) is 64.3 Å². The lowest BCUT2D eigenvalue weighted by atomic mass is 9.94. The van der Waals surface area contributed by atoms with Crippen LogP contribution in [0.1, 0.15) is 26.3 Å². The number of nitrogens with two attached hydrogens (primary N) is 1. The molecule has 0 heterocycles. The second kappa shape index (κ2) is 7.26. The van der Waals surface area contributed by atoms with Crippen LogP contribution < -0.4 is 11.1 Å². The minimum absolute atomic E-state index is 0.0432. The third kappa shape index (κ3) is 6.36. The summed E-state index contributed by atoms with van der Waals surface area (Å²) in [6.07, 6.45) is -0.534. The second-order valence-corrected chi connectivity index (χ2v) is 5.61. The Hall–Kier alpha value is -1.39. The number of carbonyl (C=O) groups excluding carboxylic acids is 1. The van der Waals surface area contributed by atoms with E-state index in [1.165, 1.54) is 5.56 Å². The molecule has 1 unspecified atom stereocenters. The molecule has 106 valence electrons. The zero-order chi connectivity index (χ0) is 14.3. The average Bonchev–Trinajstić information content (AvgIpc) is 2.37. The SMILES string of the molecule is CC(OCC(C)(C)CNCc1ccccc1)C(N)=O. The van der Waals surface area contributed by atoms with Gasteiger partial charge in [0.15, 0.2) is 0 Å².